The first-order valence-electron chi connectivity index (χ1n) is 5.77. The Balaban J connectivity index is 2.23. The lowest BCUT2D eigenvalue weighted by atomic mass is 10.1. The molecule has 0 aromatic heterocycles. The van der Waals surface area contributed by atoms with E-state index in [4.69, 9.17) is 21.1 Å². The number of hydrogen-bond acceptors (Lipinski definition) is 3. The Bertz CT molecular complexity index is 354. The van der Waals surface area contributed by atoms with Crippen LogP contribution in [-0.4, -0.2) is 39.4 Å². The maximum Gasteiger partial charge on any atom is 0.251 e. The molecule has 0 atom stereocenters. The van der Waals surface area contributed by atoms with Crippen LogP contribution in [-0.2, 0) is 15.4 Å². The third-order valence-electron chi connectivity index (χ3n) is 2.33. The first-order chi connectivity index (χ1) is 8.77. The molecule has 1 aromatic rings. The molecule has 0 saturated carbocycles. The summed E-state index contributed by atoms with van der Waals surface area (Å²) in [7, 11) is 1.62. The highest BCUT2D eigenvalue weighted by molar-refractivity contribution is 6.17. The van der Waals surface area contributed by atoms with Gasteiger partial charge < -0.3 is 14.8 Å². The fourth-order valence-corrected chi connectivity index (χ4v) is 1.51. The molecule has 1 rings (SSSR count). The number of rotatable bonds is 8. The van der Waals surface area contributed by atoms with Crippen LogP contribution in [0.3, 0.4) is 0 Å². The molecule has 0 radical (unpaired) electrons. The maximum atomic E-state index is 11.7. The summed E-state index contributed by atoms with van der Waals surface area (Å²) >= 11 is 5.68. The Hall–Kier alpha value is -1.10. The minimum atomic E-state index is -0.105. The summed E-state index contributed by atoms with van der Waals surface area (Å²) in [6.45, 7) is 2.07. The zero-order valence-electron chi connectivity index (χ0n) is 10.4. The third kappa shape index (κ3) is 5.49. The molecule has 0 fully saturated rings. The van der Waals surface area contributed by atoms with E-state index in [9.17, 15) is 4.79 Å². The Morgan fingerprint density at radius 2 is 1.94 bits per heavy atom. The van der Waals surface area contributed by atoms with Crippen LogP contribution in [0.4, 0.5) is 0 Å². The molecule has 0 saturated heterocycles. The maximum absolute atomic E-state index is 11.7. The highest BCUT2D eigenvalue weighted by atomic mass is 35.5. The van der Waals surface area contributed by atoms with Gasteiger partial charge in [-0.05, 0) is 17.7 Å². The van der Waals surface area contributed by atoms with Gasteiger partial charge in [-0.3, -0.25) is 4.79 Å². The molecule has 5 heteroatoms. The topological polar surface area (TPSA) is 47.6 Å². The van der Waals surface area contributed by atoms with E-state index in [0.717, 1.165) is 5.56 Å². The SMILES string of the molecule is COCCOCCNC(=O)c1ccc(CCl)cc1. The zero-order chi connectivity index (χ0) is 13.2. The van der Waals surface area contributed by atoms with Gasteiger partial charge in [0.1, 0.15) is 0 Å². The van der Waals surface area contributed by atoms with Crippen molar-refractivity contribution in [2.45, 2.75) is 5.88 Å². The van der Waals surface area contributed by atoms with Crippen LogP contribution < -0.4 is 5.32 Å². The summed E-state index contributed by atoms with van der Waals surface area (Å²) < 4.78 is 10.1. The van der Waals surface area contributed by atoms with Gasteiger partial charge in [-0.25, -0.2) is 0 Å². The predicted octanol–water partition coefficient (Wildman–Crippen LogP) is 1.82. The first-order valence-corrected chi connectivity index (χ1v) is 6.31. The molecule has 0 aliphatic rings. The highest BCUT2D eigenvalue weighted by Gasteiger charge is 2.04. The van der Waals surface area contributed by atoms with E-state index in [0.29, 0.717) is 37.8 Å². The number of ether oxygens (including phenoxy) is 2. The van der Waals surface area contributed by atoms with Gasteiger partial charge in [0.2, 0.25) is 0 Å². The molecular weight excluding hydrogens is 254 g/mol. The molecule has 1 amide bonds. The molecule has 100 valence electrons. The largest absolute Gasteiger partial charge is 0.382 e. The van der Waals surface area contributed by atoms with E-state index in [1.807, 2.05) is 12.1 Å². The van der Waals surface area contributed by atoms with Gasteiger partial charge in [-0.2, -0.15) is 0 Å². The van der Waals surface area contributed by atoms with Gasteiger partial charge in [0.05, 0.1) is 19.8 Å². The number of alkyl halides is 1. The average Bonchev–Trinajstić information content (AvgIpc) is 2.42. The van der Waals surface area contributed by atoms with Crippen molar-refractivity contribution in [2.75, 3.05) is 33.5 Å². The molecule has 4 nitrogen and oxygen atoms in total. The van der Waals surface area contributed by atoms with Crippen LogP contribution in [0.1, 0.15) is 15.9 Å². The minimum Gasteiger partial charge on any atom is -0.382 e. The van der Waals surface area contributed by atoms with Crippen molar-refractivity contribution in [3.05, 3.63) is 35.4 Å². The summed E-state index contributed by atoms with van der Waals surface area (Å²) in [5.41, 5.74) is 1.62. The summed E-state index contributed by atoms with van der Waals surface area (Å²) in [4.78, 5) is 11.7. The van der Waals surface area contributed by atoms with Gasteiger partial charge in [0.25, 0.3) is 5.91 Å². The van der Waals surface area contributed by atoms with Crippen molar-refractivity contribution >= 4 is 17.5 Å². The van der Waals surface area contributed by atoms with Crippen molar-refractivity contribution in [1.29, 1.82) is 0 Å². The summed E-state index contributed by atoms with van der Waals surface area (Å²) in [6.07, 6.45) is 0. The quantitative estimate of drug-likeness (QED) is 0.580. The van der Waals surface area contributed by atoms with Gasteiger partial charge >= 0.3 is 0 Å². The lowest BCUT2D eigenvalue weighted by Crippen LogP contribution is -2.27. The van der Waals surface area contributed by atoms with E-state index in [-0.39, 0.29) is 5.91 Å². The number of halogens is 1. The molecule has 1 N–H and O–H groups in total. The van der Waals surface area contributed by atoms with Crippen molar-refractivity contribution in [1.82, 2.24) is 5.32 Å². The number of carbonyl (C=O) groups is 1. The number of hydrogen-bond donors (Lipinski definition) is 1. The Morgan fingerprint density at radius 3 is 2.56 bits per heavy atom. The molecular formula is C13H18ClNO3. The Kier molecular flexibility index (Phi) is 7.41. The highest BCUT2D eigenvalue weighted by Crippen LogP contribution is 2.06. The van der Waals surface area contributed by atoms with Crippen molar-refractivity contribution in [2.24, 2.45) is 0 Å². The van der Waals surface area contributed by atoms with E-state index < -0.39 is 0 Å². The van der Waals surface area contributed by atoms with E-state index in [1.165, 1.54) is 0 Å². The number of benzene rings is 1. The summed E-state index contributed by atoms with van der Waals surface area (Å²) in [5, 5.41) is 2.78. The van der Waals surface area contributed by atoms with Gasteiger partial charge in [-0.15, -0.1) is 11.6 Å². The van der Waals surface area contributed by atoms with Crippen molar-refractivity contribution in [3.63, 3.8) is 0 Å². The van der Waals surface area contributed by atoms with Crippen molar-refractivity contribution in [3.8, 4) is 0 Å². The van der Waals surface area contributed by atoms with Crippen molar-refractivity contribution < 1.29 is 14.3 Å². The fourth-order valence-electron chi connectivity index (χ4n) is 1.33. The molecule has 0 bridgehead atoms. The Labute approximate surface area is 112 Å². The van der Waals surface area contributed by atoms with Gasteiger partial charge in [0, 0.05) is 25.1 Å². The number of nitrogens with one attached hydrogen (secondary N) is 1. The van der Waals surface area contributed by atoms with Crippen LogP contribution in [0.2, 0.25) is 0 Å². The second-order valence-corrected chi connectivity index (χ2v) is 3.96. The normalized spacial score (nSPS) is 10.3. The lowest BCUT2D eigenvalue weighted by molar-refractivity contribution is 0.0692. The number of carbonyl (C=O) groups excluding carboxylic acids is 1. The summed E-state index contributed by atoms with van der Waals surface area (Å²) in [6, 6.07) is 7.21. The molecule has 0 unspecified atom stereocenters. The second kappa shape index (κ2) is 8.91. The Morgan fingerprint density at radius 1 is 1.22 bits per heavy atom. The van der Waals surface area contributed by atoms with E-state index >= 15 is 0 Å². The van der Waals surface area contributed by atoms with Crippen LogP contribution in [0.15, 0.2) is 24.3 Å². The van der Waals surface area contributed by atoms with Crippen LogP contribution in [0.5, 0.6) is 0 Å². The summed E-state index contributed by atoms with van der Waals surface area (Å²) in [5.74, 6) is 0.348. The number of methoxy groups -OCH3 is 1. The first kappa shape index (κ1) is 15.0. The molecule has 0 spiro atoms. The molecule has 0 aliphatic heterocycles. The average molecular weight is 272 g/mol. The fraction of sp³-hybridized carbons (Fsp3) is 0.462. The zero-order valence-corrected chi connectivity index (χ0v) is 11.2. The number of amides is 1. The van der Waals surface area contributed by atoms with Crippen LogP contribution >= 0.6 is 11.6 Å². The second-order valence-electron chi connectivity index (χ2n) is 3.69. The minimum absolute atomic E-state index is 0.105. The monoisotopic (exact) mass is 271 g/mol. The standard InChI is InChI=1S/C13H18ClNO3/c1-17-8-9-18-7-6-15-13(16)12-4-2-11(10-14)3-5-12/h2-5H,6-10H2,1H3,(H,15,16). The smallest absolute Gasteiger partial charge is 0.251 e. The van der Waals surface area contributed by atoms with Gasteiger partial charge in [0.15, 0.2) is 0 Å². The lowest BCUT2D eigenvalue weighted by Gasteiger charge is -2.06. The molecule has 0 heterocycles. The molecule has 0 aliphatic carbocycles. The third-order valence-corrected chi connectivity index (χ3v) is 2.64. The molecule has 18 heavy (non-hydrogen) atoms. The van der Waals surface area contributed by atoms with Crippen LogP contribution in [0, 0.1) is 0 Å². The molecule has 1 aromatic carbocycles. The van der Waals surface area contributed by atoms with E-state index in [2.05, 4.69) is 5.32 Å². The predicted molar refractivity (Wildman–Crippen MR) is 71.0 cm³/mol. The van der Waals surface area contributed by atoms with Gasteiger partial charge in [-0.1, -0.05) is 12.1 Å². The van der Waals surface area contributed by atoms with Crippen LogP contribution in [0.25, 0.3) is 0 Å². The van der Waals surface area contributed by atoms with E-state index in [1.54, 1.807) is 19.2 Å².